The number of piperidine rings is 1. The Bertz CT molecular complexity index is 453. The van der Waals surface area contributed by atoms with Gasteiger partial charge in [-0.3, -0.25) is 4.79 Å². The van der Waals surface area contributed by atoms with Gasteiger partial charge in [0.1, 0.15) is 6.61 Å². The third kappa shape index (κ3) is 18.3. The summed E-state index contributed by atoms with van der Waals surface area (Å²) in [4.78, 5) is 23.4. The highest BCUT2D eigenvalue weighted by atomic mass is 16.7. The number of hydrogen-bond donors (Lipinski definition) is 2. The maximum atomic E-state index is 11.8. The molecule has 0 aromatic carbocycles. The molecule has 188 valence electrons. The van der Waals surface area contributed by atoms with Crippen LogP contribution >= 0.6 is 0 Å². The monoisotopic (exact) mass is 454 g/mol. The average Bonchev–Trinajstić information content (AvgIpc) is 2.80. The molecule has 0 aromatic rings. The summed E-state index contributed by atoms with van der Waals surface area (Å²) in [5, 5.41) is 6.23. The molecule has 1 amide bonds. The van der Waals surface area contributed by atoms with Crippen LogP contribution < -0.4 is 10.6 Å². The lowest BCUT2D eigenvalue weighted by Gasteiger charge is -2.22. The van der Waals surface area contributed by atoms with Crippen molar-refractivity contribution in [2.24, 2.45) is 0 Å². The van der Waals surface area contributed by atoms with Crippen molar-refractivity contribution in [3.63, 3.8) is 0 Å². The largest absolute Gasteiger partial charge is 0.508 e. The van der Waals surface area contributed by atoms with Gasteiger partial charge in [0, 0.05) is 12.5 Å². The van der Waals surface area contributed by atoms with E-state index < -0.39 is 6.16 Å². The van der Waals surface area contributed by atoms with Crippen molar-refractivity contribution in [3.8, 4) is 0 Å². The molecule has 0 saturated carbocycles. The Labute approximate surface area is 197 Å². The van der Waals surface area contributed by atoms with E-state index in [1.54, 1.807) is 0 Å². The van der Waals surface area contributed by atoms with Crippen LogP contribution in [-0.4, -0.2) is 44.4 Å². The van der Waals surface area contributed by atoms with E-state index in [0.717, 1.165) is 32.2 Å². The maximum Gasteiger partial charge on any atom is 0.508 e. The Kier molecular flexibility index (Phi) is 19.3. The lowest BCUT2D eigenvalue weighted by atomic mass is 10.0. The normalized spacial score (nSPS) is 16.0. The number of carbonyl (C=O) groups is 2. The van der Waals surface area contributed by atoms with Crippen molar-refractivity contribution >= 4 is 12.1 Å². The number of nitrogens with one attached hydrogen (secondary N) is 2. The van der Waals surface area contributed by atoms with Gasteiger partial charge in [0.25, 0.3) is 0 Å². The van der Waals surface area contributed by atoms with Crippen LogP contribution in [0.3, 0.4) is 0 Å². The summed E-state index contributed by atoms with van der Waals surface area (Å²) in [6.07, 6.45) is 21.3. The molecule has 1 aliphatic heterocycles. The molecule has 6 heteroatoms. The SMILES string of the molecule is CCCCCCCCCCCCCCCC(=O)NCCOC(=O)OCCC1CCCCN1. The zero-order chi connectivity index (χ0) is 23.1. The second-order valence-electron chi connectivity index (χ2n) is 9.23. The van der Waals surface area contributed by atoms with E-state index in [4.69, 9.17) is 9.47 Å². The van der Waals surface area contributed by atoms with Crippen molar-refractivity contribution in [2.45, 2.75) is 129 Å². The first-order chi connectivity index (χ1) is 15.7. The molecule has 1 atom stereocenters. The minimum atomic E-state index is -0.647. The van der Waals surface area contributed by atoms with Crippen molar-refractivity contribution in [1.82, 2.24) is 10.6 Å². The quantitative estimate of drug-likeness (QED) is 0.167. The van der Waals surface area contributed by atoms with E-state index in [2.05, 4.69) is 17.6 Å². The van der Waals surface area contributed by atoms with Gasteiger partial charge in [-0.05, 0) is 32.2 Å². The smallest absolute Gasteiger partial charge is 0.434 e. The third-order valence-electron chi connectivity index (χ3n) is 6.25. The highest BCUT2D eigenvalue weighted by Gasteiger charge is 2.13. The van der Waals surface area contributed by atoms with Crippen LogP contribution in [0.5, 0.6) is 0 Å². The first-order valence-corrected chi connectivity index (χ1v) is 13.5. The first kappa shape index (κ1) is 28.7. The molecule has 1 aliphatic rings. The zero-order valence-corrected chi connectivity index (χ0v) is 20.8. The molecule has 0 aromatic heterocycles. The summed E-state index contributed by atoms with van der Waals surface area (Å²) in [5.41, 5.74) is 0. The minimum Gasteiger partial charge on any atom is -0.434 e. The summed E-state index contributed by atoms with van der Waals surface area (Å²) in [6.45, 7) is 4.19. The van der Waals surface area contributed by atoms with Gasteiger partial charge in [-0.1, -0.05) is 90.4 Å². The predicted octanol–water partition coefficient (Wildman–Crippen LogP) is 6.27. The van der Waals surface area contributed by atoms with Gasteiger partial charge >= 0.3 is 6.16 Å². The molecular formula is C26H50N2O4. The van der Waals surface area contributed by atoms with Crippen molar-refractivity contribution in [3.05, 3.63) is 0 Å². The van der Waals surface area contributed by atoms with E-state index in [1.807, 2.05) is 0 Å². The second-order valence-corrected chi connectivity index (χ2v) is 9.23. The van der Waals surface area contributed by atoms with Gasteiger partial charge in [0.2, 0.25) is 5.91 Å². The van der Waals surface area contributed by atoms with E-state index in [1.165, 1.54) is 83.5 Å². The van der Waals surface area contributed by atoms with Gasteiger partial charge in [-0.15, -0.1) is 0 Å². The molecule has 1 saturated heterocycles. The minimum absolute atomic E-state index is 0.0356. The molecule has 0 spiro atoms. The fraction of sp³-hybridized carbons (Fsp3) is 0.923. The number of ether oxygens (including phenoxy) is 2. The average molecular weight is 455 g/mol. The number of rotatable bonds is 20. The Morgan fingerprint density at radius 1 is 0.812 bits per heavy atom. The van der Waals surface area contributed by atoms with Crippen LogP contribution in [0.2, 0.25) is 0 Å². The molecule has 32 heavy (non-hydrogen) atoms. The topological polar surface area (TPSA) is 76.7 Å². The fourth-order valence-electron chi connectivity index (χ4n) is 4.21. The highest BCUT2D eigenvalue weighted by molar-refractivity contribution is 5.75. The third-order valence-corrected chi connectivity index (χ3v) is 6.25. The number of hydrogen-bond acceptors (Lipinski definition) is 5. The van der Waals surface area contributed by atoms with Crippen molar-refractivity contribution in [1.29, 1.82) is 0 Å². The molecule has 0 aliphatic carbocycles. The first-order valence-electron chi connectivity index (χ1n) is 13.5. The summed E-state index contributed by atoms with van der Waals surface area (Å²) in [5.74, 6) is 0.0356. The summed E-state index contributed by atoms with van der Waals surface area (Å²) < 4.78 is 10.1. The lowest BCUT2D eigenvalue weighted by Crippen LogP contribution is -2.35. The van der Waals surface area contributed by atoms with Gasteiger partial charge in [-0.2, -0.15) is 0 Å². The van der Waals surface area contributed by atoms with Gasteiger partial charge < -0.3 is 20.1 Å². The van der Waals surface area contributed by atoms with E-state index in [9.17, 15) is 9.59 Å². The van der Waals surface area contributed by atoms with Gasteiger partial charge in [0.05, 0.1) is 13.2 Å². The van der Waals surface area contributed by atoms with E-state index >= 15 is 0 Å². The van der Waals surface area contributed by atoms with Crippen LogP contribution in [0, 0.1) is 0 Å². The Balaban J connectivity index is 1.78. The van der Waals surface area contributed by atoms with Crippen LogP contribution in [0.15, 0.2) is 0 Å². The van der Waals surface area contributed by atoms with E-state index in [-0.39, 0.29) is 12.5 Å². The standard InChI is InChI=1S/C26H50N2O4/c1-2-3-4-5-6-7-8-9-10-11-12-13-14-18-25(29)28-21-23-32-26(30)31-22-19-24-17-15-16-20-27-24/h24,27H,2-23H2,1H3,(H,28,29). The maximum absolute atomic E-state index is 11.8. The van der Waals surface area contributed by atoms with Gasteiger partial charge in [0.15, 0.2) is 0 Å². The van der Waals surface area contributed by atoms with Crippen molar-refractivity contribution in [2.75, 3.05) is 26.3 Å². The van der Waals surface area contributed by atoms with Crippen LogP contribution in [0.4, 0.5) is 4.79 Å². The molecule has 1 fully saturated rings. The second kappa shape index (κ2) is 21.5. The summed E-state index contributed by atoms with van der Waals surface area (Å²) in [7, 11) is 0. The predicted molar refractivity (Wildman–Crippen MR) is 131 cm³/mol. The Hall–Kier alpha value is -1.30. The van der Waals surface area contributed by atoms with E-state index in [0.29, 0.717) is 25.6 Å². The zero-order valence-electron chi connectivity index (χ0n) is 20.8. The number of amides is 1. The highest BCUT2D eigenvalue weighted by Crippen LogP contribution is 2.13. The molecular weight excluding hydrogens is 404 g/mol. The molecule has 1 rings (SSSR count). The van der Waals surface area contributed by atoms with Crippen LogP contribution in [0.1, 0.15) is 122 Å². The fourth-order valence-corrected chi connectivity index (χ4v) is 4.21. The Morgan fingerprint density at radius 3 is 2.00 bits per heavy atom. The number of unbranched alkanes of at least 4 members (excludes halogenated alkanes) is 12. The number of carbonyl (C=O) groups excluding carboxylic acids is 2. The molecule has 1 unspecified atom stereocenters. The molecule has 1 heterocycles. The van der Waals surface area contributed by atoms with Crippen LogP contribution in [-0.2, 0) is 14.3 Å². The van der Waals surface area contributed by atoms with Crippen LogP contribution in [0.25, 0.3) is 0 Å². The molecule has 2 N–H and O–H groups in total. The molecule has 6 nitrogen and oxygen atoms in total. The lowest BCUT2D eigenvalue weighted by molar-refractivity contribution is -0.121. The molecule has 0 bridgehead atoms. The van der Waals surface area contributed by atoms with Gasteiger partial charge in [-0.25, -0.2) is 4.79 Å². The van der Waals surface area contributed by atoms with Crippen molar-refractivity contribution < 1.29 is 19.1 Å². The summed E-state index contributed by atoms with van der Waals surface area (Å²) >= 11 is 0. The molecule has 0 radical (unpaired) electrons. The summed E-state index contributed by atoms with van der Waals surface area (Å²) in [6, 6.07) is 0.445. The Morgan fingerprint density at radius 2 is 1.41 bits per heavy atom.